The lowest BCUT2D eigenvalue weighted by atomic mass is 9.38. The normalized spacial score (nSPS) is 27.1. The predicted octanol–water partition coefficient (Wildman–Crippen LogP) is 5.14. The molecule has 0 saturated heterocycles. The minimum absolute atomic E-state index is 0.322. The van der Waals surface area contributed by atoms with Crippen LogP contribution in [0, 0.1) is 11.3 Å². The summed E-state index contributed by atoms with van der Waals surface area (Å²) < 4.78 is 0. The van der Waals surface area contributed by atoms with Gasteiger partial charge in [0.1, 0.15) is 0 Å². The van der Waals surface area contributed by atoms with Crippen molar-refractivity contribution in [3.05, 3.63) is 24.2 Å². The van der Waals surface area contributed by atoms with Crippen molar-refractivity contribution in [3.63, 3.8) is 0 Å². The first-order valence-corrected chi connectivity index (χ1v) is 7.37. The summed E-state index contributed by atoms with van der Waals surface area (Å²) >= 11 is 0. The molecule has 0 aromatic rings. The van der Waals surface area contributed by atoms with E-state index in [1.165, 1.54) is 38.4 Å². The molecule has 0 aromatic heterocycles. The van der Waals surface area contributed by atoms with Crippen LogP contribution in [0.5, 0.6) is 0 Å². The van der Waals surface area contributed by atoms with Gasteiger partial charge in [0.2, 0.25) is 0 Å². The lowest BCUT2D eigenvalue weighted by Gasteiger charge is -2.25. The molecular weight excluding hydrogens is 203 g/mol. The quantitative estimate of drug-likeness (QED) is 0.455. The van der Waals surface area contributed by atoms with E-state index in [2.05, 4.69) is 39.4 Å². The van der Waals surface area contributed by atoms with Crippen LogP contribution in [0.25, 0.3) is 0 Å². The van der Waals surface area contributed by atoms with E-state index in [1.54, 1.807) is 5.57 Å². The van der Waals surface area contributed by atoms with Crippen molar-refractivity contribution in [2.45, 2.75) is 65.0 Å². The van der Waals surface area contributed by atoms with Crippen LogP contribution in [0.15, 0.2) is 24.2 Å². The summed E-state index contributed by atoms with van der Waals surface area (Å²) in [4.78, 5) is 0. The molecule has 0 spiro atoms. The van der Waals surface area contributed by atoms with Gasteiger partial charge in [0.05, 0.1) is 0 Å². The molecule has 1 heteroatoms. The highest BCUT2D eigenvalue weighted by Crippen LogP contribution is 2.44. The summed E-state index contributed by atoms with van der Waals surface area (Å²) in [5.41, 5.74) is 1.96. The van der Waals surface area contributed by atoms with Gasteiger partial charge in [0.15, 0.2) is 6.71 Å². The zero-order valence-electron chi connectivity index (χ0n) is 11.8. The predicted molar refractivity (Wildman–Crippen MR) is 78.6 cm³/mol. The van der Waals surface area contributed by atoms with Crippen molar-refractivity contribution >= 4 is 6.71 Å². The molecule has 0 aromatic carbocycles. The molecule has 0 bridgehead atoms. The zero-order chi connectivity index (χ0) is 12.5. The monoisotopic (exact) mass is 230 g/mol. The summed E-state index contributed by atoms with van der Waals surface area (Å²) in [6, 6.07) is 0. The highest BCUT2D eigenvalue weighted by atomic mass is 14.3. The zero-order valence-corrected chi connectivity index (χ0v) is 11.8. The van der Waals surface area contributed by atoms with E-state index in [9.17, 15) is 0 Å². The highest BCUT2D eigenvalue weighted by molar-refractivity contribution is 6.67. The topological polar surface area (TPSA) is 0 Å². The number of hydrogen-bond acceptors (Lipinski definition) is 0. The standard InChI is InChI=1S/C16H27B/c1-5-13-11-17(12-15(13)16(2,3)4)14-9-7-6-8-10-14/h5,12-14H,1,6-11H2,2-4H3. The molecule has 1 aliphatic heterocycles. The van der Waals surface area contributed by atoms with E-state index < -0.39 is 0 Å². The number of hydrogen-bond donors (Lipinski definition) is 0. The molecule has 2 rings (SSSR count). The fourth-order valence-corrected chi connectivity index (χ4v) is 3.76. The fourth-order valence-electron chi connectivity index (χ4n) is 3.76. The molecular formula is C16H27B. The Balaban J connectivity index is 2.11. The second kappa shape index (κ2) is 5.04. The molecule has 0 radical (unpaired) electrons. The Bertz CT molecular complexity index is 302. The van der Waals surface area contributed by atoms with Gasteiger partial charge in [0, 0.05) is 0 Å². The second-order valence-electron chi connectivity index (χ2n) is 7.01. The van der Waals surface area contributed by atoms with Gasteiger partial charge >= 0.3 is 0 Å². The van der Waals surface area contributed by atoms with Crippen molar-refractivity contribution in [1.29, 1.82) is 0 Å². The van der Waals surface area contributed by atoms with Gasteiger partial charge < -0.3 is 0 Å². The summed E-state index contributed by atoms with van der Waals surface area (Å²) in [7, 11) is 0. The Morgan fingerprint density at radius 2 is 1.88 bits per heavy atom. The summed E-state index contributed by atoms with van der Waals surface area (Å²) in [6.45, 7) is 11.9. The number of rotatable bonds is 2. The van der Waals surface area contributed by atoms with E-state index in [4.69, 9.17) is 0 Å². The van der Waals surface area contributed by atoms with Crippen LogP contribution in [-0.4, -0.2) is 6.71 Å². The Kier molecular flexibility index (Phi) is 3.85. The Morgan fingerprint density at radius 1 is 1.24 bits per heavy atom. The maximum Gasteiger partial charge on any atom is 0.170 e. The van der Waals surface area contributed by atoms with Gasteiger partial charge in [-0.2, -0.15) is 0 Å². The van der Waals surface area contributed by atoms with Crippen molar-refractivity contribution in [1.82, 2.24) is 0 Å². The smallest absolute Gasteiger partial charge is 0.114 e. The van der Waals surface area contributed by atoms with E-state index in [-0.39, 0.29) is 0 Å². The van der Waals surface area contributed by atoms with Crippen molar-refractivity contribution < 1.29 is 0 Å². The fraction of sp³-hybridized carbons (Fsp3) is 0.750. The first kappa shape index (κ1) is 13.0. The van der Waals surface area contributed by atoms with Crippen LogP contribution >= 0.6 is 0 Å². The molecule has 17 heavy (non-hydrogen) atoms. The van der Waals surface area contributed by atoms with E-state index in [1.807, 2.05) is 0 Å². The lowest BCUT2D eigenvalue weighted by Crippen LogP contribution is -2.19. The van der Waals surface area contributed by atoms with Gasteiger partial charge in [-0.3, -0.25) is 0 Å². The lowest BCUT2D eigenvalue weighted by molar-refractivity contribution is 0.467. The molecule has 1 heterocycles. The van der Waals surface area contributed by atoms with Gasteiger partial charge in [-0.05, 0) is 11.3 Å². The summed E-state index contributed by atoms with van der Waals surface area (Å²) in [6.07, 6.45) is 10.8. The van der Waals surface area contributed by atoms with Crippen LogP contribution in [0.2, 0.25) is 12.1 Å². The molecule has 94 valence electrons. The average Bonchev–Trinajstić information content (AvgIpc) is 2.74. The Morgan fingerprint density at radius 3 is 2.35 bits per heavy atom. The molecule has 1 atom stereocenters. The van der Waals surface area contributed by atoms with E-state index >= 15 is 0 Å². The van der Waals surface area contributed by atoms with E-state index in [0.717, 1.165) is 12.5 Å². The summed E-state index contributed by atoms with van der Waals surface area (Å²) in [5.74, 6) is 4.22. The summed E-state index contributed by atoms with van der Waals surface area (Å²) in [5, 5.41) is 0. The molecule has 0 amide bonds. The number of allylic oxidation sites excluding steroid dienone is 2. The minimum atomic E-state index is 0.322. The van der Waals surface area contributed by atoms with Crippen molar-refractivity contribution in [2.24, 2.45) is 11.3 Å². The van der Waals surface area contributed by atoms with Crippen LogP contribution in [-0.2, 0) is 0 Å². The maximum atomic E-state index is 4.05. The minimum Gasteiger partial charge on any atom is -0.114 e. The van der Waals surface area contributed by atoms with Gasteiger partial charge in [-0.15, -0.1) is 12.6 Å². The molecule has 1 unspecified atom stereocenters. The van der Waals surface area contributed by atoms with Gasteiger partial charge in [-0.25, -0.2) is 0 Å². The largest absolute Gasteiger partial charge is 0.170 e. The van der Waals surface area contributed by atoms with Gasteiger partial charge in [0.25, 0.3) is 0 Å². The maximum absolute atomic E-state index is 4.05. The Hall–Kier alpha value is -0.455. The van der Waals surface area contributed by atoms with Gasteiger partial charge in [-0.1, -0.05) is 76.7 Å². The SMILES string of the molecule is C=CC1CB(C2CCCCC2)C=C1C(C)(C)C. The second-order valence-corrected chi connectivity index (χ2v) is 7.01. The molecule has 0 nitrogen and oxygen atoms in total. The average molecular weight is 230 g/mol. The molecule has 1 fully saturated rings. The Labute approximate surface area is 108 Å². The molecule has 2 aliphatic rings. The molecule has 1 aliphatic carbocycles. The van der Waals surface area contributed by atoms with Crippen LogP contribution in [0.3, 0.4) is 0 Å². The van der Waals surface area contributed by atoms with Crippen LogP contribution in [0.4, 0.5) is 0 Å². The highest BCUT2D eigenvalue weighted by Gasteiger charge is 2.36. The first-order chi connectivity index (χ1) is 8.02. The van der Waals surface area contributed by atoms with Crippen molar-refractivity contribution in [3.8, 4) is 0 Å². The van der Waals surface area contributed by atoms with Crippen molar-refractivity contribution in [2.75, 3.05) is 0 Å². The third kappa shape index (κ3) is 2.87. The van der Waals surface area contributed by atoms with E-state index in [0.29, 0.717) is 11.3 Å². The third-order valence-electron chi connectivity index (χ3n) is 4.73. The third-order valence-corrected chi connectivity index (χ3v) is 4.73. The van der Waals surface area contributed by atoms with Crippen LogP contribution in [0.1, 0.15) is 52.9 Å². The first-order valence-electron chi connectivity index (χ1n) is 7.37. The molecule has 0 N–H and O–H groups in total. The van der Waals surface area contributed by atoms with Crippen LogP contribution < -0.4 is 0 Å². The molecule has 1 saturated carbocycles.